The van der Waals surface area contributed by atoms with Crippen LogP contribution in [0.1, 0.15) is 103 Å². The fourth-order valence-corrected chi connectivity index (χ4v) is 6.08. The Morgan fingerprint density at radius 3 is 2.16 bits per heavy atom. The second-order valence-electron chi connectivity index (χ2n) is 11.9. The van der Waals surface area contributed by atoms with Crippen molar-refractivity contribution in [2.24, 2.45) is 0 Å². The zero-order chi connectivity index (χ0) is 33.4. The van der Waals surface area contributed by atoms with E-state index in [4.69, 9.17) is 4.98 Å². The number of benzene rings is 1. The molecule has 4 aromatic rings. The Labute approximate surface area is 282 Å². The molecule has 246 valence electrons. The summed E-state index contributed by atoms with van der Waals surface area (Å²) in [4.78, 5) is 10.0. The van der Waals surface area contributed by atoms with Crippen molar-refractivity contribution in [2.75, 3.05) is 18.4 Å². The summed E-state index contributed by atoms with van der Waals surface area (Å²) in [6, 6.07) is 14.3. The summed E-state index contributed by atoms with van der Waals surface area (Å²) < 4.78 is 18.0. The van der Waals surface area contributed by atoms with Crippen molar-refractivity contribution in [3.05, 3.63) is 95.5 Å². The van der Waals surface area contributed by atoms with E-state index in [1.165, 1.54) is 24.8 Å². The van der Waals surface area contributed by atoms with Crippen LogP contribution in [0.3, 0.4) is 0 Å². The number of rotatable bonds is 7. The van der Waals surface area contributed by atoms with Gasteiger partial charge in [0.2, 0.25) is 0 Å². The van der Waals surface area contributed by atoms with Crippen LogP contribution in [-0.2, 0) is 22.9 Å². The summed E-state index contributed by atoms with van der Waals surface area (Å²) in [7, 11) is -1.15. The van der Waals surface area contributed by atoms with E-state index in [-0.39, 0.29) is 5.41 Å². The average Bonchev–Trinajstić information content (AvgIpc) is 3.45. The van der Waals surface area contributed by atoms with E-state index in [9.17, 15) is 4.21 Å². The predicted octanol–water partition coefficient (Wildman–Crippen LogP) is 9.72. The fraction of sp³-hybridized carbons (Fsp3) is 0.472. The van der Waals surface area contributed by atoms with Crippen LogP contribution in [0.2, 0.25) is 0 Å². The molecule has 1 unspecified atom stereocenters. The van der Waals surface area contributed by atoms with Crippen LogP contribution in [0, 0.1) is 0 Å². The van der Waals surface area contributed by atoms with Crippen LogP contribution < -0.4 is 5.32 Å². The molecule has 1 atom stereocenters. The summed E-state index contributed by atoms with van der Waals surface area (Å²) in [6.45, 7) is 23.4. The van der Waals surface area contributed by atoms with Crippen molar-refractivity contribution in [3.8, 4) is 0 Å². The van der Waals surface area contributed by atoms with Crippen LogP contribution >= 0.6 is 15.9 Å². The Hall–Kier alpha value is -2.88. The van der Waals surface area contributed by atoms with Gasteiger partial charge in [-0.3, -0.25) is 4.98 Å². The molecule has 0 bridgehead atoms. The number of unbranched alkanes of at least 4 members (excludes halogenated alkanes) is 1. The zero-order valence-electron chi connectivity index (χ0n) is 28.4. The van der Waals surface area contributed by atoms with Gasteiger partial charge in [-0.2, -0.15) is 9.61 Å². The molecule has 0 aliphatic carbocycles. The smallest absolute Gasteiger partial charge is 0.171 e. The number of nitrogens with zero attached hydrogens (tertiary/aromatic N) is 5. The maximum atomic E-state index is 13.3. The number of piperidine rings is 1. The number of nitrogens with one attached hydrogen (secondary N) is 1. The molecule has 0 saturated carbocycles. The first-order valence-corrected chi connectivity index (χ1v) is 18.0. The first kappa shape index (κ1) is 38.3. The van der Waals surface area contributed by atoms with Crippen molar-refractivity contribution < 1.29 is 4.21 Å². The minimum absolute atomic E-state index is 0.0860. The first-order chi connectivity index (χ1) is 21.6. The number of pyridine rings is 1. The minimum Gasteiger partial charge on any atom is -0.366 e. The summed E-state index contributed by atoms with van der Waals surface area (Å²) in [5.41, 5.74) is 4.27. The van der Waals surface area contributed by atoms with Gasteiger partial charge < -0.3 is 5.32 Å². The molecule has 9 heteroatoms. The topological polar surface area (TPSA) is 75.4 Å². The van der Waals surface area contributed by atoms with Gasteiger partial charge in [-0.05, 0) is 63.5 Å². The quantitative estimate of drug-likeness (QED) is 0.195. The average molecular weight is 698 g/mol. The number of aromatic nitrogens is 4. The number of halogens is 1. The van der Waals surface area contributed by atoms with Gasteiger partial charge in [-0.25, -0.2) is 13.5 Å². The fourth-order valence-electron chi connectivity index (χ4n) is 4.52. The lowest BCUT2D eigenvalue weighted by Crippen LogP contribution is -2.34. The summed E-state index contributed by atoms with van der Waals surface area (Å²) in [6.07, 6.45) is 11.1. The second kappa shape index (κ2) is 19.6. The number of anilines is 1. The van der Waals surface area contributed by atoms with Gasteiger partial charge in [-0.15, -0.1) is 13.2 Å². The van der Waals surface area contributed by atoms with Crippen molar-refractivity contribution in [3.63, 3.8) is 0 Å². The molecule has 7 nitrogen and oxygen atoms in total. The molecule has 1 fully saturated rings. The molecule has 1 saturated heterocycles. The molecule has 5 rings (SSSR count). The van der Waals surface area contributed by atoms with Gasteiger partial charge in [0.15, 0.2) is 5.65 Å². The lowest BCUT2D eigenvalue weighted by atomic mass is 9.87. The lowest BCUT2D eigenvalue weighted by molar-refractivity contribution is 0.331. The first-order valence-electron chi connectivity index (χ1n) is 16.1. The Morgan fingerprint density at radius 2 is 1.62 bits per heavy atom. The van der Waals surface area contributed by atoms with Crippen molar-refractivity contribution >= 4 is 38.4 Å². The Morgan fingerprint density at radius 1 is 1.00 bits per heavy atom. The third kappa shape index (κ3) is 11.5. The predicted molar refractivity (Wildman–Crippen MR) is 195 cm³/mol. The Bertz CT molecular complexity index is 1430. The van der Waals surface area contributed by atoms with E-state index in [1.54, 1.807) is 12.4 Å². The molecular weight excluding hydrogens is 644 g/mol. The molecule has 1 aliphatic rings. The summed E-state index contributed by atoms with van der Waals surface area (Å²) >= 11 is 3.59. The molecule has 45 heavy (non-hydrogen) atoms. The molecule has 0 radical (unpaired) electrons. The van der Waals surface area contributed by atoms with E-state index in [0.29, 0.717) is 12.5 Å². The minimum atomic E-state index is -1.15. The van der Waals surface area contributed by atoms with E-state index < -0.39 is 11.0 Å². The molecule has 1 N–H and O–H groups in total. The van der Waals surface area contributed by atoms with Gasteiger partial charge >= 0.3 is 0 Å². The van der Waals surface area contributed by atoms with Gasteiger partial charge in [0.25, 0.3) is 0 Å². The highest BCUT2D eigenvalue weighted by Crippen LogP contribution is 2.32. The van der Waals surface area contributed by atoms with Crippen molar-refractivity contribution in [1.29, 1.82) is 0 Å². The Balaban J connectivity index is 0.000000704. The number of hydrogen-bond acceptors (Lipinski definition) is 5. The van der Waals surface area contributed by atoms with E-state index in [2.05, 4.69) is 115 Å². The van der Waals surface area contributed by atoms with E-state index in [0.717, 1.165) is 58.0 Å². The largest absolute Gasteiger partial charge is 0.366 e. The van der Waals surface area contributed by atoms with Gasteiger partial charge in [-0.1, -0.05) is 85.9 Å². The molecule has 0 spiro atoms. The molecule has 1 aliphatic heterocycles. The van der Waals surface area contributed by atoms with E-state index >= 15 is 0 Å². The van der Waals surface area contributed by atoms with Crippen molar-refractivity contribution in [2.45, 2.75) is 103 Å². The maximum absolute atomic E-state index is 13.3. The Kier molecular flexibility index (Phi) is 16.7. The third-order valence-electron chi connectivity index (χ3n) is 7.17. The normalized spacial score (nSPS) is 14.2. The maximum Gasteiger partial charge on any atom is 0.171 e. The van der Waals surface area contributed by atoms with Crippen LogP contribution in [-0.4, -0.2) is 41.2 Å². The summed E-state index contributed by atoms with van der Waals surface area (Å²) in [5.74, 6) is 1.20. The number of fused-ring (bicyclic) bond motifs is 1. The molecule has 3 aromatic heterocycles. The van der Waals surface area contributed by atoms with E-state index in [1.807, 2.05) is 35.0 Å². The van der Waals surface area contributed by atoms with Crippen LogP contribution in [0.5, 0.6) is 0 Å². The zero-order valence-corrected chi connectivity index (χ0v) is 30.8. The van der Waals surface area contributed by atoms with Crippen LogP contribution in [0.15, 0.2) is 83.6 Å². The highest BCUT2D eigenvalue weighted by atomic mass is 79.9. The van der Waals surface area contributed by atoms with Gasteiger partial charge in [0, 0.05) is 49.7 Å². The SMILES string of the molecule is C=C.CC(C)(C)c1ccc(S(=O)N2CCC(c3cc(NCc4cccnc4)n4ncc(Br)c4n3)CC2)cc1.CCC.CCCC. The third-order valence-corrected chi connectivity index (χ3v) is 9.24. The van der Waals surface area contributed by atoms with Gasteiger partial charge in [0.05, 0.1) is 15.6 Å². The monoisotopic (exact) mass is 696 g/mol. The lowest BCUT2D eigenvalue weighted by Gasteiger charge is -2.31. The van der Waals surface area contributed by atoms with Crippen LogP contribution in [0.25, 0.3) is 5.65 Å². The standard InChI is InChI=1S/C27H31BrN6OS.C4H10.C3H8.C2H4/c1-27(2,3)21-6-8-22(9-7-21)36(35)33-13-10-20(11-14-33)24-15-25(30-17-19-5-4-12-29-16-19)34-26(32-24)23(28)18-31-34;1-3-4-2;1-3-2;1-2/h4-9,12,15-16,18,20,30H,10-11,13-14,17H2,1-3H3;3-4H2,1-2H3;3H2,1-2H3;1-2H2. The second-order valence-corrected chi connectivity index (χ2v) is 14.3. The number of hydrogen-bond donors (Lipinski definition) is 1. The molecule has 4 heterocycles. The molecular formula is C36H53BrN6OS. The summed E-state index contributed by atoms with van der Waals surface area (Å²) in [5, 5.41) is 7.99. The van der Waals surface area contributed by atoms with Crippen molar-refractivity contribution in [1.82, 2.24) is 23.9 Å². The van der Waals surface area contributed by atoms with Crippen LogP contribution in [0.4, 0.5) is 5.82 Å². The highest BCUT2D eigenvalue weighted by Gasteiger charge is 2.27. The molecule has 0 amide bonds. The van der Waals surface area contributed by atoms with Gasteiger partial charge in [0.1, 0.15) is 16.8 Å². The highest BCUT2D eigenvalue weighted by molar-refractivity contribution is 9.10. The molecule has 1 aromatic carbocycles.